The summed E-state index contributed by atoms with van der Waals surface area (Å²) in [6.07, 6.45) is 0. The minimum absolute atomic E-state index is 0.439. The molecule has 2 aromatic carbocycles. The number of thiocarbonyl (C=S) groups is 1. The molecular formula is C14H11Cl3N2S. The summed E-state index contributed by atoms with van der Waals surface area (Å²) in [6, 6.07) is 10.7. The molecule has 0 aliphatic heterocycles. The van der Waals surface area contributed by atoms with Crippen LogP contribution in [0.2, 0.25) is 15.1 Å². The van der Waals surface area contributed by atoms with E-state index < -0.39 is 0 Å². The van der Waals surface area contributed by atoms with Crippen molar-refractivity contribution >= 4 is 63.5 Å². The second-order valence-electron chi connectivity index (χ2n) is 4.15. The smallest absolute Gasteiger partial charge is 0.175 e. The Morgan fingerprint density at radius 3 is 2.30 bits per heavy atom. The Kier molecular flexibility index (Phi) is 5.11. The molecule has 0 saturated carbocycles. The van der Waals surface area contributed by atoms with E-state index >= 15 is 0 Å². The summed E-state index contributed by atoms with van der Waals surface area (Å²) in [7, 11) is 0. The zero-order valence-corrected chi connectivity index (χ0v) is 13.6. The Balaban J connectivity index is 2.11. The van der Waals surface area contributed by atoms with Gasteiger partial charge in [-0.1, -0.05) is 40.9 Å². The lowest BCUT2D eigenvalue weighted by atomic mass is 10.2. The predicted octanol–water partition coefficient (Wildman–Crippen LogP) is 5.76. The average Bonchev–Trinajstić information content (AvgIpc) is 2.33. The van der Waals surface area contributed by atoms with Crippen molar-refractivity contribution < 1.29 is 0 Å². The van der Waals surface area contributed by atoms with Crippen molar-refractivity contribution in [2.45, 2.75) is 6.92 Å². The van der Waals surface area contributed by atoms with Crippen LogP contribution in [0.5, 0.6) is 0 Å². The highest BCUT2D eigenvalue weighted by Crippen LogP contribution is 2.24. The highest BCUT2D eigenvalue weighted by atomic mass is 35.5. The summed E-state index contributed by atoms with van der Waals surface area (Å²) in [5, 5.41) is 8.32. The van der Waals surface area contributed by atoms with E-state index in [1.807, 2.05) is 25.1 Å². The Hall–Kier alpha value is -1.000. The number of benzene rings is 2. The summed E-state index contributed by atoms with van der Waals surface area (Å²) < 4.78 is 0. The molecule has 0 aliphatic carbocycles. The van der Waals surface area contributed by atoms with Crippen LogP contribution in [-0.2, 0) is 0 Å². The first-order valence-corrected chi connectivity index (χ1v) is 7.29. The van der Waals surface area contributed by atoms with Crippen LogP contribution in [0.15, 0.2) is 36.4 Å². The maximum absolute atomic E-state index is 6.06. The normalized spacial score (nSPS) is 10.2. The van der Waals surface area contributed by atoms with Gasteiger partial charge in [-0.15, -0.1) is 0 Å². The van der Waals surface area contributed by atoms with Gasteiger partial charge in [0.15, 0.2) is 5.11 Å². The Morgan fingerprint density at radius 1 is 1.00 bits per heavy atom. The predicted molar refractivity (Wildman–Crippen MR) is 92.5 cm³/mol. The molecule has 2 rings (SSSR count). The van der Waals surface area contributed by atoms with Gasteiger partial charge in [0.05, 0.1) is 0 Å². The minimum atomic E-state index is 0.439. The van der Waals surface area contributed by atoms with Crippen LogP contribution >= 0.6 is 47.0 Å². The van der Waals surface area contributed by atoms with Crippen LogP contribution in [0.3, 0.4) is 0 Å². The van der Waals surface area contributed by atoms with Gasteiger partial charge in [0.2, 0.25) is 0 Å². The highest BCUT2D eigenvalue weighted by molar-refractivity contribution is 7.80. The fourth-order valence-corrected chi connectivity index (χ4v) is 2.58. The summed E-state index contributed by atoms with van der Waals surface area (Å²) in [6.45, 7) is 1.92. The molecule has 2 aromatic rings. The van der Waals surface area contributed by atoms with E-state index in [9.17, 15) is 0 Å². The first-order chi connectivity index (χ1) is 9.45. The van der Waals surface area contributed by atoms with Crippen LogP contribution in [0.4, 0.5) is 11.4 Å². The quantitative estimate of drug-likeness (QED) is 0.676. The number of hydrogen-bond donors (Lipinski definition) is 2. The summed E-state index contributed by atoms with van der Waals surface area (Å²) in [4.78, 5) is 0. The van der Waals surface area contributed by atoms with Gasteiger partial charge in [-0.25, -0.2) is 0 Å². The molecule has 0 atom stereocenters. The monoisotopic (exact) mass is 344 g/mol. The van der Waals surface area contributed by atoms with Crippen molar-refractivity contribution in [3.05, 3.63) is 57.0 Å². The topological polar surface area (TPSA) is 24.1 Å². The molecule has 0 radical (unpaired) electrons. The zero-order valence-electron chi connectivity index (χ0n) is 10.5. The van der Waals surface area contributed by atoms with Gasteiger partial charge >= 0.3 is 0 Å². The lowest BCUT2D eigenvalue weighted by Crippen LogP contribution is -2.19. The molecule has 0 bridgehead atoms. The van der Waals surface area contributed by atoms with Crippen LogP contribution < -0.4 is 10.6 Å². The molecule has 104 valence electrons. The van der Waals surface area contributed by atoms with E-state index in [1.165, 1.54) is 0 Å². The fourth-order valence-electron chi connectivity index (χ4n) is 1.65. The van der Waals surface area contributed by atoms with Gasteiger partial charge in [-0.05, 0) is 55.0 Å². The summed E-state index contributed by atoms with van der Waals surface area (Å²) in [5.74, 6) is 0. The molecule has 0 heterocycles. The van der Waals surface area contributed by atoms with Crippen molar-refractivity contribution in [2.24, 2.45) is 0 Å². The molecule has 0 saturated heterocycles. The Labute approximate surface area is 138 Å². The first-order valence-electron chi connectivity index (χ1n) is 5.75. The molecule has 0 unspecified atom stereocenters. The molecule has 2 nitrogen and oxygen atoms in total. The Bertz CT molecular complexity index is 639. The second kappa shape index (κ2) is 6.64. The number of halogens is 3. The largest absolute Gasteiger partial charge is 0.332 e. The molecule has 0 amide bonds. The molecule has 0 aliphatic rings. The molecule has 2 N–H and O–H groups in total. The van der Waals surface area contributed by atoms with Crippen LogP contribution in [0, 0.1) is 6.92 Å². The van der Waals surface area contributed by atoms with Gasteiger partial charge in [0.25, 0.3) is 0 Å². The van der Waals surface area contributed by atoms with Crippen molar-refractivity contribution in [2.75, 3.05) is 10.6 Å². The van der Waals surface area contributed by atoms with Gasteiger partial charge in [-0.2, -0.15) is 0 Å². The molecule has 0 spiro atoms. The van der Waals surface area contributed by atoms with Gasteiger partial charge in [0.1, 0.15) is 0 Å². The molecule has 6 heteroatoms. The van der Waals surface area contributed by atoms with Crippen molar-refractivity contribution in [3.8, 4) is 0 Å². The number of anilines is 2. The fraction of sp³-hybridized carbons (Fsp3) is 0.0714. The van der Waals surface area contributed by atoms with E-state index in [0.717, 1.165) is 16.9 Å². The minimum Gasteiger partial charge on any atom is -0.332 e. The van der Waals surface area contributed by atoms with E-state index in [1.54, 1.807) is 18.2 Å². The van der Waals surface area contributed by atoms with E-state index in [-0.39, 0.29) is 0 Å². The van der Waals surface area contributed by atoms with Crippen molar-refractivity contribution in [3.63, 3.8) is 0 Å². The van der Waals surface area contributed by atoms with Gasteiger partial charge < -0.3 is 10.6 Å². The number of nitrogens with one attached hydrogen (secondary N) is 2. The maximum atomic E-state index is 6.06. The average molecular weight is 346 g/mol. The van der Waals surface area contributed by atoms with Gasteiger partial charge in [-0.3, -0.25) is 0 Å². The molecule has 0 aromatic heterocycles. The van der Waals surface area contributed by atoms with Crippen molar-refractivity contribution in [1.29, 1.82) is 0 Å². The molecular weight excluding hydrogens is 335 g/mol. The SMILES string of the molecule is Cc1c(Cl)cccc1NC(=S)Nc1cc(Cl)cc(Cl)c1. The summed E-state index contributed by atoms with van der Waals surface area (Å²) >= 11 is 23.2. The standard InChI is InChI=1S/C14H11Cl3N2S/c1-8-12(17)3-2-4-13(8)19-14(20)18-11-6-9(15)5-10(16)7-11/h2-7H,1H3,(H2,18,19,20). The third-order valence-electron chi connectivity index (χ3n) is 2.64. The lowest BCUT2D eigenvalue weighted by Gasteiger charge is -2.13. The highest BCUT2D eigenvalue weighted by Gasteiger charge is 2.05. The zero-order chi connectivity index (χ0) is 14.7. The first kappa shape index (κ1) is 15.4. The number of hydrogen-bond acceptors (Lipinski definition) is 1. The number of rotatable bonds is 2. The van der Waals surface area contributed by atoms with E-state index in [0.29, 0.717) is 20.2 Å². The lowest BCUT2D eigenvalue weighted by molar-refractivity contribution is 1.45. The second-order valence-corrected chi connectivity index (χ2v) is 5.84. The Morgan fingerprint density at radius 2 is 1.65 bits per heavy atom. The van der Waals surface area contributed by atoms with E-state index in [4.69, 9.17) is 47.0 Å². The van der Waals surface area contributed by atoms with E-state index in [2.05, 4.69) is 10.6 Å². The van der Waals surface area contributed by atoms with Crippen LogP contribution in [-0.4, -0.2) is 5.11 Å². The van der Waals surface area contributed by atoms with Gasteiger partial charge in [0, 0.05) is 26.4 Å². The molecule has 0 fully saturated rings. The maximum Gasteiger partial charge on any atom is 0.175 e. The van der Waals surface area contributed by atoms with Crippen LogP contribution in [0.1, 0.15) is 5.56 Å². The third kappa shape index (κ3) is 4.00. The van der Waals surface area contributed by atoms with Crippen molar-refractivity contribution in [1.82, 2.24) is 0 Å². The summed E-state index contributed by atoms with van der Waals surface area (Å²) in [5.41, 5.74) is 2.50. The molecule has 20 heavy (non-hydrogen) atoms. The van der Waals surface area contributed by atoms with Crippen LogP contribution in [0.25, 0.3) is 0 Å². The third-order valence-corrected chi connectivity index (χ3v) is 3.69.